The Morgan fingerprint density at radius 1 is 1.26 bits per heavy atom. The third-order valence-corrected chi connectivity index (χ3v) is 5.72. The summed E-state index contributed by atoms with van der Waals surface area (Å²) in [5.41, 5.74) is 0.859. The van der Waals surface area contributed by atoms with Gasteiger partial charge in [-0.2, -0.15) is 0 Å². The Kier molecular flexibility index (Phi) is 5.98. The Morgan fingerprint density at radius 2 is 1.91 bits per heavy atom. The average molecular weight is 339 g/mol. The number of amides is 1. The van der Waals surface area contributed by atoms with Crippen molar-refractivity contribution in [2.75, 3.05) is 24.2 Å². The molecule has 1 N–H and O–H groups in total. The summed E-state index contributed by atoms with van der Waals surface area (Å²) in [5, 5.41) is 1.61. The molecule has 1 aliphatic rings. The molecule has 1 saturated heterocycles. The van der Waals surface area contributed by atoms with Crippen LogP contribution in [0.2, 0.25) is 0 Å². The topological polar surface area (TPSA) is 79.4 Å². The van der Waals surface area contributed by atoms with Crippen molar-refractivity contribution in [1.29, 1.82) is 0 Å². The van der Waals surface area contributed by atoms with Gasteiger partial charge in [0, 0.05) is 32.1 Å². The number of carbonyl (C=O) groups excluding carboxylic acids is 1. The highest BCUT2D eigenvalue weighted by molar-refractivity contribution is 7.92. The zero-order chi connectivity index (χ0) is 16.9. The number of nitrogens with one attached hydrogen (secondary N) is 1. The standard InChI is InChI=1S/C16H25N3O3S/c1-13(23(2,21)22)16(20)18-12-14-7-8-15(17-11-14)19-9-5-3-4-6-10-19/h7-8,11,13H,3-6,9-10,12H2,1-2H3,(H,18,20)/t13-/m1/s1. The normalized spacial score (nSPS) is 17.4. The van der Waals surface area contributed by atoms with E-state index < -0.39 is 21.0 Å². The highest BCUT2D eigenvalue weighted by Crippen LogP contribution is 2.17. The number of rotatable bonds is 5. The van der Waals surface area contributed by atoms with Crippen molar-refractivity contribution in [3.05, 3.63) is 23.9 Å². The number of pyridine rings is 1. The summed E-state index contributed by atoms with van der Waals surface area (Å²) in [7, 11) is -3.37. The summed E-state index contributed by atoms with van der Waals surface area (Å²) in [4.78, 5) is 18.6. The van der Waals surface area contributed by atoms with Crippen LogP contribution in [-0.2, 0) is 21.2 Å². The zero-order valence-electron chi connectivity index (χ0n) is 13.8. The van der Waals surface area contributed by atoms with Crippen LogP contribution in [0.1, 0.15) is 38.2 Å². The minimum absolute atomic E-state index is 0.284. The molecule has 0 radical (unpaired) electrons. The van der Waals surface area contributed by atoms with Crippen molar-refractivity contribution in [2.45, 2.75) is 44.4 Å². The lowest BCUT2D eigenvalue weighted by atomic mass is 10.2. The predicted octanol–water partition coefficient (Wildman–Crippen LogP) is 1.51. The second kappa shape index (κ2) is 7.77. The molecule has 23 heavy (non-hydrogen) atoms. The molecule has 0 aliphatic carbocycles. The van der Waals surface area contributed by atoms with Crippen molar-refractivity contribution in [3.8, 4) is 0 Å². The SMILES string of the molecule is C[C@H](C(=O)NCc1ccc(N2CCCCCC2)nc1)S(C)(=O)=O. The maximum atomic E-state index is 11.8. The molecule has 1 aliphatic heterocycles. The van der Waals surface area contributed by atoms with Crippen molar-refractivity contribution in [3.63, 3.8) is 0 Å². The highest BCUT2D eigenvalue weighted by atomic mass is 32.2. The maximum absolute atomic E-state index is 11.8. The average Bonchev–Trinajstić information content (AvgIpc) is 2.80. The van der Waals surface area contributed by atoms with E-state index in [2.05, 4.69) is 15.2 Å². The van der Waals surface area contributed by atoms with Crippen LogP contribution < -0.4 is 10.2 Å². The number of carbonyl (C=O) groups is 1. The molecule has 0 aromatic carbocycles. The van der Waals surface area contributed by atoms with Crippen LogP contribution in [0.25, 0.3) is 0 Å². The molecule has 128 valence electrons. The van der Waals surface area contributed by atoms with Crippen LogP contribution in [-0.4, -0.2) is 43.9 Å². The maximum Gasteiger partial charge on any atom is 0.238 e. The first kappa shape index (κ1) is 17.7. The van der Waals surface area contributed by atoms with E-state index in [1.807, 2.05) is 12.1 Å². The van der Waals surface area contributed by atoms with Gasteiger partial charge < -0.3 is 10.2 Å². The summed E-state index contributed by atoms with van der Waals surface area (Å²) in [6.45, 7) is 3.75. The lowest BCUT2D eigenvalue weighted by Gasteiger charge is -2.21. The number of nitrogens with zero attached hydrogens (tertiary/aromatic N) is 2. The van der Waals surface area contributed by atoms with E-state index in [-0.39, 0.29) is 6.54 Å². The first-order valence-electron chi connectivity index (χ1n) is 8.04. The van der Waals surface area contributed by atoms with Gasteiger partial charge in [0.15, 0.2) is 9.84 Å². The monoisotopic (exact) mass is 339 g/mol. The Morgan fingerprint density at radius 3 is 2.43 bits per heavy atom. The Labute approximate surface area is 138 Å². The minimum atomic E-state index is -3.37. The number of sulfone groups is 1. The molecule has 1 fully saturated rings. The van der Waals surface area contributed by atoms with Crippen molar-refractivity contribution in [1.82, 2.24) is 10.3 Å². The number of hydrogen-bond donors (Lipinski definition) is 1. The second-order valence-electron chi connectivity index (χ2n) is 6.12. The van der Waals surface area contributed by atoms with Crippen LogP contribution in [0.15, 0.2) is 18.3 Å². The fraction of sp³-hybridized carbons (Fsp3) is 0.625. The zero-order valence-corrected chi connectivity index (χ0v) is 14.6. The van der Waals surface area contributed by atoms with Crippen LogP contribution in [0.5, 0.6) is 0 Å². The smallest absolute Gasteiger partial charge is 0.238 e. The molecule has 0 saturated carbocycles. The molecule has 1 aromatic heterocycles. The molecule has 0 spiro atoms. The lowest BCUT2D eigenvalue weighted by Crippen LogP contribution is -2.37. The van der Waals surface area contributed by atoms with Gasteiger partial charge in [0.1, 0.15) is 11.1 Å². The molecule has 2 rings (SSSR count). The van der Waals surface area contributed by atoms with Gasteiger partial charge in [0.05, 0.1) is 0 Å². The molecule has 1 aromatic rings. The van der Waals surface area contributed by atoms with Gasteiger partial charge in [0.2, 0.25) is 5.91 Å². The summed E-state index contributed by atoms with van der Waals surface area (Å²) < 4.78 is 22.7. The molecular weight excluding hydrogens is 314 g/mol. The van der Waals surface area contributed by atoms with Crippen molar-refractivity contribution < 1.29 is 13.2 Å². The van der Waals surface area contributed by atoms with E-state index in [4.69, 9.17) is 0 Å². The molecule has 2 heterocycles. The Bertz CT molecular complexity index is 620. The van der Waals surface area contributed by atoms with Crippen LogP contribution in [0.4, 0.5) is 5.82 Å². The fourth-order valence-corrected chi connectivity index (χ4v) is 3.01. The molecule has 1 amide bonds. The first-order valence-corrected chi connectivity index (χ1v) is 10.00. The molecule has 1 atom stereocenters. The van der Waals surface area contributed by atoms with Gasteiger partial charge in [-0.05, 0) is 31.4 Å². The van der Waals surface area contributed by atoms with E-state index in [9.17, 15) is 13.2 Å². The first-order chi connectivity index (χ1) is 10.9. The summed E-state index contributed by atoms with van der Waals surface area (Å²) in [6, 6.07) is 3.89. The Hall–Kier alpha value is -1.63. The lowest BCUT2D eigenvalue weighted by molar-refractivity contribution is -0.120. The van der Waals surface area contributed by atoms with Gasteiger partial charge in [-0.3, -0.25) is 4.79 Å². The molecule has 0 unspecified atom stereocenters. The number of anilines is 1. The van der Waals surface area contributed by atoms with Crippen molar-refractivity contribution >= 4 is 21.6 Å². The van der Waals surface area contributed by atoms with Crippen LogP contribution in [0.3, 0.4) is 0 Å². The third kappa shape index (κ3) is 5.20. The van der Waals surface area contributed by atoms with Gasteiger partial charge in [-0.1, -0.05) is 18.9 Å². The summed E-state index contributed by atoms with van der Waals surface area (Å²) in [6.07, 6.45) is 7.75. The van der Waals surface area contributed by atoms with Crippen LogP contribution in [0, 0.1) is 0 Å². The van der Waals surface area contributed by atoms with E-state index in [0.29, 0.717) is 0 Å². The number of hydrogen-bond acceptors (Lipinski definition) is 5. The third-order valence-electron chi connectivity index (χ3n) is 4.22. The molecule has 7 heteroatoms. The van der Waals surface area contributed by atoms with Gasteiger partial charge in [-0.15, -0.1) is 0 Å². The van der Waals surface area contributed by atoms with Crippen LogP contribution >= 0.6 is 0 Å². The van der Waals surface area contributed by atoms with E-state index in [0.717, 1.165) is 30.7 Å². The molecule has 0 bridgehead atoms. The molecule has 6 nitrogen and oxygen atoms in total. The largest absolute Gasteiger partial charge is 0.357 e. The summed E-state index contributed by atoms with van der Waals surface area (Å²) >= 11 is 0. The van der Waals surface area contributed by atoms with Gasteiger partial charge >= 0.3 is 0 Å². The van der Waals surface area contributed by atoms with Gasteiger partial charge in [-0.25, -0.2) is 13.4 Å². The minimum Gasteiger partial charge on any atom is -0.357 e. The Balaban J connectivity index is 1.91. The van der Waals surface area contributed by atoms with E-state index >= 15 is 0 Å². The van der Waals surface area contributed by atoms with Gasteiger partial charge in [0.25, 0.3) is 0 Å². The number of aromatic nitrogens is 1. The fourth-order valence-electron chi connectivity index (χ4n) is 2.54. The predicted molar refractivity (Wildman–Crippen MR) is 91.1 cm³/mol. The van der Waals surface area contributed by atoms with E-state index in [1.165, 1.54) is 32.6 Å². The second-order valence-corrected chi connectivity index (χ2v) is 8.48. The molecular formula is C16H25N3O3S. The summed E-state index contributed by atoms with van der Waals surface area (Å²) in [5.74, 6) is 0.482. The quantitative estimate of drug-likeness (QED) is 0.880. The van der Waals surface area contributed by atoms with Crippen molar-refractivity contribution in [2.24, 2.45) is 0 Å². The van der Waals surface area contributed by atoms with E-state index in [1.54, 1.807) is 6.20 Å². The highest BCUT2D eigenvalue weighted by Gasteiger charge is 2.23.